The Morgan fingerprint density at radius 2 is 1.82 bits per heavy atom. The minimum absolute atomic E-state index is 0.117. The fourth-order valence-corrected chi connectivity index (χ4v) is 3.39. The van der Waals surface area contributed by atoms with Crippen molar-refractivity contribution in [1.29, 1.82) is 0 Å². The van der Waals surface area contributed by atoms with Crippen LogP contribution >= 0.6 is 0 Å². The number of aliphatic carboxylic acids is 1. The molecule has 1 rings (SSSR count). The molecule has 1 aliphatic heterocycles. The van der Waals surface area contributed by atoms with Crippen molar-refractivity contribution in [2.24, 2.45) is 5.92 Å². The van der Waals surface area contributed by atoms with Gasteiger partial charge in [-0.05, 0) is 58.7 Å². The summed E-state index contributed by atoms with van der Waals surface area (Å²) in [4.78, 5) is 27.8. The van der Waals surface area contributed by atoms with Crippen molar-refractivity contribution in [3.63, 3.8) is 0 Å². The van der Waals surface area contributed by atoms with E-state index in [2.05, 4.69) is 18.7 Å². The largest absolute Gasteiger partial charge is 0.481 e. The van der Waals surface area contributed by atoms with E-state index in [-0.39, 0.29) is 11.9 Å². The molecule has 0 aromatic rings. The maximum atomic E-state index is 12.4. The van der Waals surface area contributed by atoms with E-state index in [4.69, 9.17) is 0 Å². The summed E-state index contributed by atoms with van der Waals surface area (Å²) in [7, 11) is 0. The molecule has 1 amide bonds. The third-order valence-corrected chi connectivity index (χ3v) is 4.57. The predicted octanol–water partition coefficient (Wildman–Crippen LogP) is 2.60. The second-order valence-electron chi connectivity index (χ2n) is 6.36. The van der Waals surface area contributed by atoms with Crippen molar-refractivity contribution in [3.05, 3.63) is 0 Å². The lowest BCUT2D eigenvalue weighted by Crippen LogP contribution is -2.49. The fourth-order valence-electron chi connectivity index (χ4n) is 3.39. The average Bonchev–Trinajstić information content (AvgIpc) is 2.47. The molecule has 0 aromatic heterocycles. The van der Waals surface area contributed by atoms with E-state index in [9.17, 15) is 14.7 Å². The zero-order valence-corrected chi connectivity index (χ0v) is 14.4. The lowest BCUT2D eigenvalue weighted by atomic mass is 9.90. The monoisotopic (exact) mass is 312 g/mol. The lowest BCUT2D eigenvalue weighted by molar-refractivity contribution is -0.149. The van der Waals surface area contributed by atoms with Crippen LogP contribution in [0.3, 0.4) is 0 Å². The van der Waals surface area contributed by atoms with Gasteiger partial charge in [-0.2, -0.15) is 0 Å². The third-order valence-electron chi connectivity index (χ3n) is 4.57. The summed E-state index contributed by atoms with van der Waals surface area (Å²) < 4.78 is 0. The molecule has 2 atom stereocenters. The van der Waals surface area contributed by atoms with Gasteiger partial charge >= 0.3 is 5.97 Å². The lowest BCUT2D eigenvalue weighted by Gasteiger charge is -2.37. The molecule has 1 N–H and O–H groups in total. The summed E-state index contributed by atoms with van der Waals surface area (Å²) in [5.74, 6) is -1.07. The highest BCUT2D eigenvalue weighted by molar-refractivity contribution is 5.78. The molecular weight excluding hydrogens is 280 g/mol. The maximum absolute atomic E-state index is 12.4. The predicted molar refractivity (Wildman–Crippen MR) is 87.8 cm³/mol. The normalized spacial score (nSPS) is 22.1. The number of nitrogens with zero attached hydrogens (tertiary/aromatic N) is 2. The number of piperidine rings is 1. The molecule has 1 saturated heterocycles. The van der Waals surface area contributed by atoms with Crippen molar-refractivity contribution in [3.8, 4) is 0 Å². The number of carbonyl (C=O) groups excluding carboxylic acids is 1. The summed E-state index contributed by atoms with van der Waals surface area (Å²) in [6.45, 7) is 10.1. The molecule has 0 spiro atoms. The quantitative estimate of drug-likeness (QED) is 0.711. The highest BCUT2D eigenvalue weighted by Crippen LogP contribution is 2.24. The van der Waals surface area contributed by atoms with Gasteiger partial charge in [0.1, 0.15) is 0 Å². The number of carboxylic acids is 1. The minimum Gasteiger partial charge on any atom is -0.481 e. The van der Waals surface area contributed by atoms with Crippen LogP contribution in [0.5, 0.6) is 0 Å². The van der Waals surface area contributed by atoms with E-state index in [1.54, 1.807) is 4.90 Å². The second kappa shape index (κ2) is 9.82. The Balaban J connectivity index is 2.42. The van der Waals surface area contributed by atoms with Gasteiger partial charge < -0.3 is 14.9 Å². The Kier molecular flexibility index (Phi) is 8.46. The van der Waals surface area contributed by atoms with Gasteiger partial charge in [0.2, 0.25) is 5.91 Å². The molecule has 1 aliphatic rings. The average molecular weight is 312 g/mol. The zero-order chi connectivity index (χ0) is 16.5. The van der Waals surface area contributed by atoms with Gasteiger partial charge in [-0.1, -0.05) is 13.8 Å². The molecular formula is C17H32N2O3. The number of hydrogen-bond acceptors (Lipinski definition) is 3. The standard InChI is InChI=1S/C17H32N2O3/c1-4-10-18(11-5-2)12-7-9-16(20)19-13-6-8-15(14(19)3)17(21)22/h14-15H,4-13H2,1-3H3,(H,21,22)/t14-,15-/m0/s1. The summed E-state index contributed by atoms with van der Waals surface area (Å²) in [6, 6.07) is -0.180. The molecule has 0 unspecified atom stereocenters. The third kappa shape index (κ3) is 5.59. The van der Waals surface area contributed by atoms with E-state index >= 15 is 0 Å². The van der Waals surface area contributed by atoms with Crippen LogP contribution in [0.15, 0.2) is 0 Å². The molecule has 0 aliphatic carbocycles. The van der Waals surface area contributed by atoms with Crippen molar-refractivity contribution in [2.75, 3.05) is 26.2 Å². The molecule has 22 heavy (non-hydrogen) atoms. The molecule has 5 nitrogen and oxygen atoms in total. The first-order valence-electron chi connectivity index (χ1n) is 8.75. The number of amides is 1. The molecule has 128 valence electrons. The van der Waals surface area contributed by atoms with Gasteiger partial charge in [0.05, 0.1) is 5.92 Å². The second-order valence-corrected chi connectivity index (χ2v) is 6.36. The Labute approximate surface area is 134 Å². The van der Waals surface area contributed by atoms with Crippen molar-refractivity contribution in [1.82, 2.24) is 9.80 Å². The summed E-state index contributed by atoms with van der Waals surface area (Å²) >= 11 is 0. The smallest absolute Gasteiger partial charge is 0.308 e. The molecule has 0 aromatic carbocycles. The van der Waals surface area contributed by atoms with Gasteiger partial charge in [-0.3, -0.25) is 9.59 Å². The highest BCUT2D eigenvalue weighted by Gasteiger charge is 2.34. The van der Waals surface area contributed by atoms with Crippen LogP contribution in [0.4, 0.5) is 0 Å². The number of likely N-dealkylation sites (tertiary alicyclic amines) is 1. The summed E-state index contributed by atoms with van der Waals surface area (Å²) in [5, 5.41) is 9.23. The van der Waals surface area contributed by atoms with Gasteiger partial charge in [0.15, 0.2) is 0 Å². The van der Waals surface area contributed by atoms with Crippen LogP contribution in [0, 0.1) is 5.92 Å². The van der Waals surface area contributed by atoms with Crippen molar-refractivity contribution < 1.29 is 14.7 Å². The van der Waals surface area contributed by atoms with Crippen molar-refractivity contribution >= 4 is 11.9 Å². The Morgan fingerprint density at radius 3 is 2.36 bits per heavy atom. The summed E-state index contributed by atoms with van der Waals surface area (Å²) in [6.07, 6.45) is 5.14. The summed E-state index contributed by atoms with van der Waals surface area (Å²) in [5.41, 5.74) is 0. The molecule has 0 radical (unpaired) electrons. The van der Waals surface area contributed by atoms with Crippen LogP contribution in [0.25, 0.3) is 0 Å². The van der Waals surface area contributed by atoms with E-state index in [0.717, 1.165) is 45.3 Å². The Morgan fingerprint density at radius 1 is 1.18 bits per heavy atom. The first kappa shape index (κ1) is 18.9. The number of carboxylic acid groups (broad SMARTS) is 1. The molecule has 1 fully saturated rings. The SMILES string of the molecule is CCCN(CCC)CCCC(=O)N1CCC[C@H](C(=O)O)[C@@H]1C. The van der Waals surface area contributed by atoms with Crippen LogP contribution in [-0.4, -0.2) is 59.0 Å². The molecule has 0 bridgehead atoms. The zero-order valence-electron chi connectivity index (χ0n) is 14.4. The topological polar surface area (TPSA) is 60.9 Å². The van der Waals surface area contributed by atoms with E-state index in [0.29, 0.717) is 19.4 Å². The number of hydrogen-bond donors (Lipinski definition) is 1. The molecule has 0 saturated carbocycles. The van der Waals surface area contributed by atoms with E-state index in [1.165, 1.54) is 0 Å². The highest BCUT2D eigenvalue weighted by atomic mass is 16.4. The number of carbonyl (C=O) groups is 2. The van der Waals surface area contributed by atoms with Crippen LogP contribution in [0.1, 0.15) is 59.3 Å². The van der Waals surface area contributed by atoms with Crippen LogP contribution in [0.2, 0.25) is 0 Å². The molecule has 1 heterocycles. The van der Waals surface area contributed by atoms with E-state index in [1.807, 2.05) is 6.92 Å². The number of rotatable bonds is 9. The van der Waals surface area contributed by atoms with Crippen LogP contribution in [-0.2, 0) is 9.59 Å². The maximum Gasteiger partial charge on any atom is 0.308 e. The van der Waals surface area contributed by atoms with Crippen molar-refractivity contribution in [2.45, 2.75) is 65.3 Å². The Hall–Kier alpha value is -1.10. The first-order chi connectivity index (χ1) is 10.5. The van der Waals surface area contributed by atoms with Gasteiger partial charge in [0.25, 0.3) is 0 Å². The first-order valence-corrected chi connectivity index (χ1v) is 8.75. The van der Waals surface area contributed by atoms with Gasteiger partial charge in [-0.15, -0.1) is 0 Å². The minimum atomic E-state index is -0.776. The molecule has 5 heteroatoms. The van der Waals surface area contributed by atoms with Crippen LogP contribution < -0.4 is 0 Å². The van der Waals surface area contributed by atoms with Gasteiger partial charge in [-0.25, -0.2) is 0 Å². The Bertz CT molecular complexity index is 354. The van der Waals surface area contributed by atoms with E-state index < -0.39 is 11.9 Å². The fraction of sp³-hybridized carbons (Fsp3) is 0.882. The van der Waals surface area contributed by atoms with Gasteiger partial charge in [0, 0.05) is 19.0 Å².